The van der Waals surface area contributed by atoms with Gasteiger partial charge in [-0.15, -0.1) is 0 Å². The molecule has 1 aromatic heterocycles. The second kappa shape index (κ2) is 10.1. The first-order valence-corrected chi connectivity index (χ1v) is 9.85. The van der Waals surface area contributed by atoms with Crippen molar-refractivity contribution in [2.45, 2.75) is 25.5 Å². The van der Waals surface area contributed by atoms with Crippen LogP contribution in [0.2, 0.25) is 0 Å². The number of rotatable bonds is 8. The van der Waals surface area contributed by atoms with Gasteiger partial charge in [0.05, 0.1) is 16.7 Å². The summed E-state index contributed by atoms with van der Waals surface area (Å²) in [5, 5.41) is 5.56. The number of thioether (sulfide) groups is 1. The lowest BCUT2D eigenvalue weighted by Gasteiger charge is -2.20. The van der Waals surface area contributed by atoms with Crippen molar-refractivity contribution >= 4 is 34.6 Å². The van der Waals surface area contributed by atoms with Gasteiger partial charge >= 0.3 is 6.03 Å². The smallest absolute Gasteiger partial charge is 0.321 e. The van der Waals surface area contributed by atoms with Crippen LogP contribution in [0.3, 0.4) is 0 Å². The lowest BCUT2D eigenvalue weighted by molar-refractivity contribution is -0.117. The van der Waals surface area contributed by atoms with Crippen molar-refractivity contribution in [1.82, 2.24) is 25.1 Å². The minimum atomic E-state index is -0.564. The topological polar surface area (TPSA) is 96.3 Å². The zero-order valence-electron chi connectivity index (χ0n) is 15.8. The third kappa shape index (κ3) is 5.54. The van der Waals surface area contributed by atoms with Crippen molar-refractivity contribution in [3.8, 4) is 0 Å². The van der Waals surface area contributed by atoms with Gasteiger partial charge in [-0.3, -0.25) is 19.5 Å². The van der Waals surface area contributed by atoms with Crippen LogP contribution >= 0.6 is 11.8 Å². The van der Waals surface area contributed by atoms with Gasteiger partial charge in [0.1, 0.15) is 0 Å². The van der Waals surface area contributed by atoms with E-state index in [0.717, 1.165) is 24.9 Å². The molecule has 2 rings (SSSR count). The normalized spacial score (nSPS) is 11.0. The largest absolute Gasteiger partial charge is 0.341 e. The number of fused-ring (bicyclic) bond motifs is 1. The molecule has 1 heterocycles. The first-order valence-electron chi connectivity index (χ1n) is 8.86. The first-order chi connectivity index (χ1) is 13.0. The van der Waals surface area contributed by atoms with E-state index in [1.165, 1.54) is 7.05 Å². The third-order valence-electron chi connectivity index (χ3n) is 4.17. The van der Waals surface area contributed by atoms with E-state index in [2.05, 4.69) is 34.4 Å². The highest BCUT2D eigenvalue weighted by molar-refractivity contribution is 7.99. The van der Waals surface area contributed by atoms with Crippen LogP contribution in [0.1, 0.15) is 13.8 Å². The van der Waals surface area contributed by atoms with Crippen molar-refractivity contribution in [2.24, 2.45) is 0 Å². The standard InChI is InChI=1S/C18H25N5O3S/c1-4-22(5-2)10-11-23-16(25)13-8-6-7-9-14(13)20-18(23)27-12-15(24)21-17(26)19-3/h6-9H,4-5,10-12H2,1-3H3,(H2,19,21,24,26). The summed E-state index contributed by atoms with van der Waals surface area (Å²) in [5.41, 5.74) is 0.470. The average molecular weight is 391 g/mol. The fourth-order valence-electron chi connectivity index (χ4n) is 2.59. The maximum absolute atomic E-state index is 12.9. The number of urea groups is 1. The van der Waals surface area contributed by atoms with Crippen LogP contribution in [0.15, 0.2) is 34.2 Å². The average Bonchev–Trinajstić information content (AvgIpc) is 2.68. The molecule has 2 aromatic rings. The minimum Gasteiger partial charge on any atom is -0.341 e. The van der Waals surface area contributed by atoms with Gasteiger partial charge in [0, 0.05) is 20.1 Å². The number of para-hydroxylation sites is 1. The number of aromatic nitrogens is 2. The summed E-state index contributed by atoms with van der Waals surface area (Å²) < 4.78 is 1.61. The molecule has 0 bridgehead atoms. The molecule has 0 atom stereocenters. The molecule has 146 valence electrons. The number of likely N-dealkylation sites (N-methyl/N-ethyl adjacent to an activating group) is 1. The number of nitrogens with zero attached hydrogens (tertiary/aromatic N) is 3. The van der Waals surface area contributed by atoms with E-state index in [1.807, 2.05) is 12.1 Å². The molecule has 1 aromatic carbocycles. The Morgan fingerprint density at radius 3 is 2.59 bits per heavy atom. The number of nitrogens with one attached hydrogen (secondary N) is 2. The number of benzene rings is 1. The van der Waals surface area contributed by atoms with Crippen LogP contribution < -0.4 is 16.2 Å². The summed E-state index contributed by atoms with van der Waals surface area (Å²) in [7, 11) is 1.44. The Labute approximate surface area is 162 Å². The van der Waals surface area contributed by atoms with Crippen LogP contribution in [0.4, 0.5) is 4.79 Å². The quantitative estimate of drug-likeness (QED) is 0.520. The van der Waals surface area contributed by atoms with Gasteiger partial charge < -0.3 is 10.2 Å². The van der Waals surface area contributed by atoms with Crippen LogP contribution in [0.5, 0.6) is 0 Å². The molecular formula is C18H25N5O3S. The molecule has 0 aliphatic carbocycles. The predicted octanol–water partition coefficient (Wildman–Crippen LogP) is 1.29. The number of imide groups is 1. The van der Waals surface area contributed by atoms with E-state index in [4.69, 9.17) is 0 Å². The van der Waals surface area contributed by atoms with Gasteiger partial charge in [-0.05, 0) is 25.2 Å². The van der Waals surface area contributed by atoms with Crippen molar-refractivity contribution in [3.63, 3.8) is 0 Å². The molecular weight excluding hydrogens is 366 g/mol. The second-order valence-electron chi connectivity index (χ2n) is 5.81. The van der Waals surface area contributed by atoms with Gasteiger partial charge in [-0.2, -0.15) is 0 Å². The van der Waals surface area contributed by atoms with Gasteiger partial charge in [0.15, 0.2) is 5.16 Å². The second-order valence-corrected chi connectivity index (χ2v) is 6.75. The molecule has 27 heavy (non-hydrogen) atoms. The zero-order valence-corrected chi connectivity index (χ0v) is 16.6. The van der Waals surface area contributed by atoms with E-state index in [0.29, 0.717) is 29.1 Å². The number of carbonyl (C=O) groups is 2. The summed E-state index contributed by atoms with van der Waals surface area (Å²) in [6, 6.07) is 6.60. The lowest BCUT2D eigenvalue weighted by atomic mass is 10.2. The summed E-state index contributed by atoms with van der Waals surface area (Å²) in [4.78, 5) is 42.8. The Morgan fingerprint density at radius 1 is 1.22 bits per heavy atom. The SMILES string of the molecule is CCN(CC)CCn1c(SCC(=O)NC(=O)NC)nc2ccccc2c1=O. The van der Waals surface area contributed by atoms with Crippen molar-refractivity contribution < 1.29 is 9.59 Å². The molecule has 9 heteroatoms. The van der Waals surface area contributed by atoms with E-state index in [-0.39, 0.29) is 11.3 Å². The summed E-state index contributed by atoms with van der Waals surface area (Å²) in [5.74, 6) is -0.458. The fourth-order valence-corrected chi connectivity index (χ4v) is 3.42. The molecule has 0 spiro atoms. The maximum Gasteiger partial charge on any atom is 0.321 e. The fraction of sp³-hybridized carbons (Fsp3) is 0.444. The third-order valence-corrected chi connectivity index (χ3v) is 5.15. The summed E-state index contributed by atoms with van der Waals surface area (Å²) in [6.07, 6.45) is 0. The molecule has 8 nitrogen and oxygen atoms in total. The zero-order chi connectivity index (χ0) is 19.8. The monoisotopic (exact) mass is 391 g/mol. The Hall–Kier alpha value is -2.39. The molecule has 0 aliphatic heterocycles. The number of hydrogen-bond donors (Lipinski definition) is 2. The highest BCUT2D eigenvalue weighted by Gasteiger charge is 2.14. The van der Waals surface area contributed by atoms with Gasteiger partial charge in [-0.25, -0.2) is 9.78 Å². The Kier molecular flexibility index (Phi) is 7.81. The van der Waals surface area contributed by atoms with Gasteiger partial charge in [0.25, 0.3) is 5.56 Å². The van der Waals surface area contributed by atoms with Crippen molar-refractivity contribution in [1.29, 1.82) is 0 Å². The highest BCUT2D eigenvalue weighted by atomic mass is 32.2. The lowest BCUT2D eigenvalue weighted by Crippen LogP contribution is -2.38. The Bertz CT molecular complexity index is 864. The molecule has 0 fully saturated rings. The summed E-state index contributed by atoms with van der Waals surface area (Å²) in [6.45, 7) is 7.13. The highest BCUT2D eigenvalue weighted by Crippen LogP contribution is 2.17. The minimum absolute atomic E-state index is 0.0104. The number of amides is 3. The molecule has 0 saturated heterocycles. The maximum atomic E-state index is 12.9. The molecule has 2 N–H and O–H groups in total. The molecule has 3 amide bonds. The van der Waals surface area contributed by atoms with E-state index < -0.39 is 11.9 Å². The van der Waals surface area contributed by atoms with E-state index in [1.54, 1.807) is 16.7 Å². The number of carbonyl (C=O) groups excluding carboxylic acids is 2. The Morgan fingerprint density at radius 2 is 1.93 bits per heavy atom. The van der Waals surface area contributed by atoms with E-state index in [9.17, 15) is 14.4 Å². The van der Waals surface area contributed by atoms with Crippen LogP contribution in [-0.4, -0.2) is 58.8 Å². The molecule has 0 aliphatic rings. The van der Waals surface area contributed by atoms with Gasteiger partial charge in [0.2, 0.25) is 5.91 Å². The predicted molar refractivity (Wildman–Crippen MR) is 107 cm³/mol. The van der Waals surface area contributed by atoms with Gasteiger partial charge in [-0.1, -0.05) is 37.7 Å². The molecule has 0 unspecified atom stereocenters. The Balaban J connectivity index is 2.28. The van der Waals surface area contributed by atoms with Crippen molar-refractivity contribution in [3.05, 3.63) is 34.6 Å². The van der Waals surface area contributed by atoms with Crippen LogP contribution in [-0.2, 0) is 11.3 Å². The first kappa shape index (κ1) is 20.9. The van der Waals surface area contributed by atoms with Crippen molar-refractivity contribution in [2.75, 3.05) is 32.4 Å². The molecule has 0 saturated carbocycles. The van der Waals surface area contributed by atoms with E-state index >= 15 is 0 Å². The summed E-state index contributed by atoms with van der Waals surface area (Å²) >= 11 is 1.14. The number of hydrogen-bond acceptors (Lipinski definition) is 6. The van der Waals surface area contributed by atoms with Crippen LogP contribution in [0.25, 0.3) is 10.9 Å². The molecule has 0 radical (unpaired) electrons. The van der Waals surface area contributed by atoms with Crippen LogP contribution in [0, 0.1) is 0 Å².